The summed E-state index contributed by atoms with van der Waals surface area (Å²) in [5, 5.41) is 4.51. The van der Waals surface area contributed by atoms with E-state index in [1.807, 2.05) is 31.2 Å². The topological polar surface area (TPSA) is 84.9 Å². The number of nitrogens with one attached hydrogen (secondary N) is 1. The molecule has 0 spiro atoms. The van der Waals surface area contributed by atoms with Crippen LogP contribution in [0, 0.1) is 0 Å². The number of hydrogen-bond donors (Lipinski definition) is 1. The molecule has 39 heavy (non-hydrogen) atoms. The third-order valence-electron chi connectivity index (χ3n) is 6.01. The molecule has 196 valence electrons. The molecule has 1 saturated heterocycles. The summed E-state index contributed by atoms with van der Waals surface area (Å²) < 4.78 is 11.9. The van der Waals surface area contributed by atoms with E-state index in [9.17, 15) is 14.4 Å². The highest BCUT2D eigenvalue weighted by atomic mass is 32.2. The summed E-state index contributed by atoms with van der Waals surface area (Å²) in [6, 6.07) is 28.6. The van der Waals surface area contributed by atoms with E-state index >= 15 is 0 Å². The van der Waals surface area contributed by atoms with Crippen molar-refractivity contribution in [3.05, 3.63) is 107 Å². The Kier molecular flexibility index (Phi) is 7.94. The van der Waals surface area contributed by atoms with Crippen LogP contribution in [0.25, 0.3) is 16.8 Å². The first-order chi connectivity index (χ1) is 19.0. The van der Waals surface area contributed by atoms with Gasteiger partial charge in [0, 0.05) is 5.69 Å². The predicted molar refractivity (Wildman–Crippen MR) is 154 cm³/mol. The maximum absolute atomic E-state index is 12.9. The van der Waals surface area contributed by atoms with Crippen LogP contribution in [0.3, 0.4) is 0 Å². The molecule has 1 heterocycles. The molecular weight excluding hydrogens is 512 g/mol. The Labute approximate surface area is 230 Å². The zero-order valence-electron chi connectivity index (χ0n) is 21.3. The first-order valence-electron chi connectivity index (χ1n) is 12.5. The maximum atomic E-state index is 12.9. The molecule has 0 aliphatic carbocycles. The zero-order valence-corrected chi connectivity index (χ0v) is 22.1. The average Bonchev–Trinajstić information content (AvgIpc) is 3.20. The van der Waals surface area contributed by atoms with Crippen molar-refractivity contribution >= 4 is 51.4 Å². The van der Waals surface area contributed by atoms with Crippen molar-refractivity contribution in [3.63, 3.8) is 0 Å². The van der Waals surface area contributed by atoms with E-state index in [1.54, 1.807) is 48.5 Å². The van der Waals surface area contributed by atoms with Gasteiger partial charge in [-0.25, -0.2) is 0 Å². The lowest BCUT2D eigenvalue weighted by Crippen LogP contribution is -2.36. The SMILES string of the molecule is CCOc1cc(/C=C2/SC(=O)N(CC(=O)Nc3ccccc3)C2=O)ccc1OCc1ccc2ccccc2c1. The quantitative estimate of drug-likeness (QED) is 0.245. The van der Waals surface area contributed by atoms with Crippen LogP contribution in [-0.4, -0.2) is 35.1 Å². The molecular formula is C31H26N2O5S. The molecule has 5 rings (SSSR count). The molecule has 1 aliphatic rings. The molecule has 0 aromatic heterocycles. The van der Waals surface area contributed by atoms with Crippen molar-refractivity contribution in [1.82, 2.24) is 4.90 Å². The molecule has 7 nitrogen and oxygen atoms in total. The van der Waals surface area contributed by atoms with Crippen molar-refractivity contribution in [2.45, 2.75) is 13.5 Å². The van der Waals surface area contributed by atoms with Crippen molar-refractivity contribution in [1.29, 1.82) is 0 Å². The number of ether oxygens (including phenoxy) is 2. The fourth-order valence-electron chi connectivity index (χ4n) is 4.14. The van der Waals surface area contributed by atoms with Gasteiger partial charge in [0.15, 0.2) is 11.5 Å². The van der Waals surface area contributed by atoms with Gasteiger partial charge < -0.3 is 14.8 Å². The number of anilines is 1. The third kappa shape index (κ3) is 6.30. The van der Waals surface area contributed by atoms with E-state index in [0.29, 0.717) is 36.0 Å². The van der Waals surface area contributed by atoms with Crippen LogP contribution >= 0.6 is 11.8 Å². The Hall–Kier alpha value is -4.56. The van der Waals surface area contributed by atoms with Gasteiger partial charge in [0.1, 0.15) is 13.2 Å². The van der Waals surface area contributed by atoms with E-state index in [-0.39, 0.29) is 11.4 Å². The fraction of sp³-hybridized carbons (Fsp3) is 0.129. The number of hydrogen-bond acceptors (Lipinski definition) is 6. The van der Waals surface area contributed by atoms with E-state index in [1.165, 1.54) is 5.39 Å². The Balaban J connectivity index is 1.27. The van der Waals surface area contributed by atoms with E-state index in [4.69, 9.17) is 9.47 Å². The summed E-state index contributed by atoms with van der Waals surface area (Å²) in [6.07, 6.45) is 1.62. The Morgan fingerprint density at radius 2 is 1.64 bits per heavy atom. The second kappa shape index (κ2) is 11.9. The normalized spacial score (nSPS) is 14.2. The number of nitrogens with zero attached hydrogens (tertiary/aromatic N) is 1. The van der Waals surface area contributed by atoms with Crippen LogP contribution < -0.4 is 14.8 Å². The molecule has 3 amide bonds. The number of carbonyl (C=O) groups excluding carboxylic acids is 3. The highest BCUT2D eigenvalue weighted by molar-refractivity contribution is 8.18. The minimum atomic E-state index is -0.511. The number of carbonyl (C=O) groups is 3. The number of imide groups is 1. The lowest BCUT2D eigenvalue weighted by Gasteiger charge is -2.13. The predicted octanol–water partition coefficient (Wildman–Crippen LogP) is 6.49. The molecule has 0 radical (unpaired) electrons. The molecule has 1 N–H and O–H groups in total. The van der Waals surface area contributed by atoms with Crippen molar-refractivity contribution in [3.8, 4) is 11.5 Å². The minimum Gasteiger partial charge on any atom is -0.490 e. The standard InChI is InChI=1S/C31H26N2O5S/c1-2-37-27-17-21(13-15-26(27)38-20-22-12-14-23-8-6-7-9-24(23)16-22)18-28-30(35)33(31(36)39-28)19-29(34)32-25-10-4-3-5-11-25/h3-18H,2,19-20H2,1H3,(H,32,34)/b28-18+. The van der Waals surface area contributed by atoms with Gasteiger partial charge in [-0.1, -0.05) is 60.7 Å². The van der Waals surface area contributed by atoms with Crippen molar-refractivity contribution in [2.24, 2.45) is 0 Å². The number of para-hydroxylation sites is 1. The lowest BCUT2D eigenvalue weighted by molar-refractivity contribution is -0.127. The molecule has 8 heteroatoms. The van der Waals surface area contributed by atoms with Crippen LogP contribution in [0.1, 0.15) is 18.1 Å². The average molecular weight is 539 g/mol. The highest BCUT2D eigenvalue weighted by Gasteiger charge is 2.36. The van der Waals surface area contributed by atoms with Crippen molar-refractivity contribution in [2.75, 3.05) is 18.5 Å². The first kappa shape index (κ1) is 26.1. The van der Waals surface area contributed by atoms with Gasteiger partial charge in [-0.2, -0.15) is 0 Å². The van der Waals surface area contributed by atoms with Gasteiger partial charge in [0.2, 0.25) is 5.91 Å². The number of fused-ring (bicyclic) bond motifs is 1. The van der Waals surface area contributed by atoms with Crippen LogP contribution in [0.15, 0.2) is 95.9 Å². The van der Waals surface area contributed by atoms with Gasteiger partial charge in [-0.15, -0.1) is 0 Å². The Bertz CT molecular complexity index is 1570. The minimum absolute atomic E-state index is 0.236. The molecule has 4 aromatic carbocycles. The molecule has 4 aromatic rings. The van der Waals surface area contributed by atoms with Gasteiger partial charge in [-0.05, 0) is 77.0 Å². The third-order valence-corrected chi connectivity index (χ3v) is 6.91. The summed E-state index contributed by atoms with van der Waals surface area (Å²) in [5.74, 6) is 0.153. The lowest BCUT2D eigenvalue weighted by atomic mass is 10.1. The number of benzene rings is 4. The molecule has 1 fully saturated rings. The number of thioether (sulfide) groups is 1. The Morgan fingerprint density at radius 3 is 2.44 bits per heavy atom. The van der Waals surface area contributed by atoms with E-state index in [2.05, 4.69) is 29.6 Å². The highest BCUT2D eigenvalue weighted by Crippen LogP contribution is 2.35. The molecule has 0 atom stereocenters. The first-order valence-corrected chi connectivity index (χ1v) is 13.3. The summed E-state index contributed by atoms with van der Waals surface area (Å²) in [5.41, 5.74) is 2.30. The molecule has 1 aliphatic heterocycles. The summed E-state index contributed by atoms with van der Waals surface area (Å²) in [6.45, 7) is 2.32. The monoisotopic (exact) mass is 538 g/mol. The van der Waals surface area contributed by atoms with Crippen LogP contribution in [-0.2, 0) is 16.2 Å². The van der Waals surface area contributed by atoms with Gasteiger partial charge in [0.25, 0.3) is 11.1 Å². The smallest absolute Gasteiger partial charge is 0.294 e. The second-order valence-electron chi connectivity index (χ2n) is 8.79. The van der Waals surface area contributed by atoms with Crippen molar-refractivity contribution < 1.29 is 23.9 Å². The van der Waals surface area contributed by atoms with Crippen LogP contribution in [0.2, 0.25) is 0 Å². The molecule has 0 bridgehead atoms. The van der Waals surface area contributed by atoms with E-state index in [0.717, 1.165) is 27.6 Å². The maximum Gasteiger partial charge on any atom is 0.294 e. The summed E-state index contributed by atoms with van der Waals surface area (Å²) in [4.78, 5) is 39.0. The largest absolute Gasteiger partial charge is 0.490 e. The van der Waals surface area contributed by atoms with Crippen LogP contribution in [0.4, 0.5) is 10.5 Å². The molecule has 0 saturated carbocycles. The zero-order chi connectivity index (χ0) is 27.2. The number of amides is 3. The summed E-state index contributed by atoms with van der Waals surface area (Å²) >= 11 is 0.803. The van der Waals surface area contributed by atoms with Gasteiger partial charge in [-0.3, -0.25) is 19.3 Å². The second-order valence-corrected chi connectivity index (χ2v) is 9.78. The number of rotatable bonds is 9. The molecule has 0 unspecified atom stereocenters. The summed E-state index contributed by atoms with van der Waals surface area (Å²) in [7, 11) is 0. The van der Waals surface area contributed by atoms with Gasteiger partial charge in [0.05, 0.1) is 11.5 Å². The fourth-order valence-corrected chi connectivity index (χ4v) is 4.98. The Morgan fingerprint density at radius 1 is 0.872 bits per heavy atom. The van der Waals surface area contributed by atoms with Crippen LogP contribution in [0.5, 0.6) is 11.5 Å². The van der Waals surface area contributed by atoms with E-state index < -0.39 is 17.1 Å². The van der Waals surface area contributed by atoms with Gasteiger partial charge >= 0.3 is 0 Å².